The predicted molar refractivity (Wildman–Crippen MR) is 102 cm³/mol. The lowest BCUT2D eigenvalue weighted by Crippen LogP contribution is -2.17. The van der Waals surface area contributed by atoms with E-state index in [1.807, 2.05) is 31.2 Å². The number of hydrogen-bond donors (Lipinski definition) is 2. The van der Waals surface area contributed by atoms with E-state index in [1.54, 1.807) is 30.3 Å². The molecule has 7 heteroatoms. The Morgan fingerprint density at radius 3 is 2.85 bits per heavy atom. The van der Waals surface area contributed by atoms with Crippen molar-refractivity contribution in [3.8, 4) is 17.0 Å². The Labute approximate surface area is 155 Å². The summed E-state index contributed by atoms with van der Waals surface area (Å²) >= 11 is 5.82. The summed E-state index contributed by atoms with van der Waals surface area (Å²) in [6.45, 7) is 2.51. The minimum atomic E-state index is -0.380. The van der Waals surface area contributed by atoms with E-state index >= 15 is 0 Å². The van der Waals surface area contributed by atoms with Crippen molar-refractivity contribution >= 4 is 23.7 Å². The second-order valence-electron chi connectivity index (χ2n) is 5.38. The number of aromatic nitrogens is 2. The summed E-state index contributed by atoms with van der Waals surface area (Å²) in [6.07, 6.45) is 1.54. The molecule has 0 fully saturated rings. The van der Waals surface area contributed by atoms with Crippen LogP contribution in [0.1, 0.15) is 23.0 Å². The fourth-order valence-electron chi connectivity index (χ4n) is 2.27. The van der Waals surface area contributed by atoms with Crippen LogP contribution in [-0.4, -0.2) is 28.9 Å². The number of aromatic amines is 1. The number of carbonyl (C=O) groups is 1. The van der Waals surface area contributed by atoms with Crippen LogP contribution in [0.5, 0.6) is 5.75 Å². The van der Waals surface area contributed by atoms with Crippen molar-refractivity contribution in [3.63, 3.8) is 0 Å². The highest BCUT2D eigenvalue weighted by Gasteiger charge is 2.11. The number of nitrogens with zero attached hydrogens (tertiary/aromatic N) is 2. The third kappa shape index (κ3) is 4.49. The van der Waals surface area contributed by atoms with Crippen LogP contribution in [-0.2, 0) is 0 Å². The van der Waals surface area contributed by atoms with E-state index < -0.39 is 0 Å². The van der Waals surface area contributed by atoms with Crippen LogP contribution in [0.2, 0.25) is 5.02 Å². The molecule has 0 unspecified atom stereocenters. The highest BCUT2D eigenvalue weighted by Crippen LogP contribution is 2.22. The van der Waals surface area contributed by atoms with Gasteiger partial charge in [-0.3, -0.25) is 9.89 Å². The molecule has 0 aliphatic heterocycles. The van der Waals surface area contributed by atoms with Crippen LogP contribution in [0.25, 0.3) is 11.3 Å². The number of ether oxygens (including phenoxy) is 1. The van der Waals surface area contributed by atoms with Gasteiger partial charge in [0.25, 0.3) is 5.91 Å². The smallest absolute Gasteiger partial charge is 0.289 e. The van der Waals surface area contributed by atoms with E-state index in [2.05, 4.69) is 20.7 Å². The summed E-state index contributed by atoms with van der Waals surface area (Å²) in [6, 6.07) is 16.3. The molecule has 2 aromatic carbocycles. The number of halogens is 1. The van der Waals surface area contributed by atoms with Crippen LogP contribution in [0.3, 0.4) is 0 Å². The van der Waals surface area contributed by atoms with Crippen LogP contribution in [0, 0.1) is 0 Å². The molecule has 0 saturated carbocycles. The highest BCUT2D eigenvalue weighted by molar-refractivity contribution is 6.30. The lowest BCUT2D eigenvalue weighted by Gasteiger charge is -2.03. The number of carbonyl (C=O) groups excluding carboxylic acids is 1. The first kappa shape index (κ1) is 17.7. The molecular formula is C19H17ClN4O2. The van der Waals surface area contributed by atoms with E-state index in [0.29, 0.717) is 23.0 Å². The number of nitrogens with one attached hydrogen (secondary N) is 2. The van der Waals surface area contributed by atoms with Crippen molar-refractivity contribution in [2.75, 3.05) is 6.61 Å². The molecule has 0 saturated heterocycles. The molecule has 1 amide bonds. The Balaban J connectivity index is 1.66. The summed E-state index contributed by atoms with van der Waals surface area (Å²) in [5.74, 6) is 0.376. The SMILES string of the molecule is CCOc1cccc(-c2cc(C(=O)NN=Cc3ccc(Cl)cc3)[nH]n2)c1. The maximum absolute atomic E-state index is 12.2. The van der Waals surface area contributed by atoms with Crippen molar-refractivity contribution in [2.45, 2.75) is 6.92 Å². The van der Waals surface area contributed by atoms with Crippen LogP contribution >= 0.6 is 11.6 Å². The van der Waals surface area contributed by atoms with Gasteiger partial charge in [0.1, 0.15) is 11.4 Å². The number of benzene rings is 2. The molecule has 3 rings (SSSR count). The summed E-state index contributed by atoms with van der Waals surface area (Å²) < 4.78 is 5.48. The van der Waals surface area contributed by atoms with Crippen molar-refractivity contribution in [2.24, 2.45) is 5.10 Å². The lowest BCUT2D eigenvalue weighted by molar-refractivity contribution is 0.0950. The van der Waals surface area contributed by atoms with Gasteiger partial charge in [-0.2, -0.15) is 10.2 Å². The minimum absolute atomic E-state index is 0.315. The first-order valence-corrected chi connectivity index (χ1v) is 8.41. The fraction of sp³-hybridized carbons (Fsp3) is 0.105. The van der Waals surface area contributed by atoms with E-state index in [0.717, 1.165) is 16.9 Å². The van der Waals surface area contributed by atoms with Gasteiger partial charge in [0.2, 0.25) is 0 Å². The standard InChI is InChI=1S/C19H17ClN4O2/c1-2-26-16-5-3-4-14(10-16)17-11-18(23-22-17)19(25)24-21-12-13-6-8-15(20)9-7-13/h3-12H,2H2,1H3,(H,22,23)(H,24,25). The maximum Gasteiger partial charge on any atom is 0.289 e. The van der Waals surface area contributed by atoms with Gasteiger partial charge in [0.05, 0.1) is 18.5 Å². The molecule has 132 valence electrons. The molecule has 0 radical (unpaired) electrons. The van der Waals surface area contributed by atoms with Gasteiger partial charge in [-0.15, -0.1) is 0 Å². The number of hydrazone groups is 1. The zero-order chi connectivity index (χ0) is 18.4. The number of hydrogen-bond acceptors (Lipinski definition) is 4. The summed E-state index contributed by atoms with van der Waals surface area (Å²) in [7, 11) is 0. The molecule has 1 heterocycles. The molecule has 0 atom stereocenters. The van der Waals surface area contributed by atoms with E-state index in [-0.39, 0.29) is 5.91 Å². The van der Waals surface area contributed by atoms with E-state index in [9.17, 15) is 4.79 Å². The first-order chi connectivity index (χ1) is 12.7. The summed E-state index contributed by atoms with van der Waals surface area (Å²) in [5.41, 5.74) is 5.11. The minimum Gasteiger partial charge on any atom is -0.494 e. The van der Waals surface area contributed by atoms with Crippen molar-refractivity contribution in [1.29, 1.82) is 0 Å². The Hall–Kier alpha value is -3.12. The Bertz CT molecular complexity index is 919. The average molecular weight is 369 g/mol. The Morgan fingerprint density at radius 2 is 2.08 bits per heavy atom. The second-order valence-corrected chi connectivity index (χ2v) is 5.81. The van der Waals surface area contributed by atoms with Crippen LogP contribution < -0.4 is 10.2 Å². The van der Waals surface area contributed by atoms with Gasteiger partial charge in [0.15, 0.2) is 0 Å². The topological polar surface area (TPSA) is 79.4 Å². The van der Waals surface area contributed by atoms with Crippen LogP contribution in [0.15, 0.2) is 59.7 Å². The normalized spacial score (nSPS) is 10.8. The van der Waals surface area contributed by atoms with Gasteiger partial charge in [0, 0.05) is 10.6 Å². The molecule has 0 bridgehead atoms. The van der Waals surface area contributed by atoms with Gasteiger partial charge in [-0.05, 0) is 42.8 Å². The monoisotopic (exact) mass is 368 g/mol. The molecule has 0 spiro atoms. The average Bonchev–Trinajstić information content (AvgIpc) is 3.14. The zero-order valence-electron chi connectivity index (χ0n) is 14.1. The van der Waals surface area contributed by atoms with Gasteiger partial charge < -0.3 is 4.74 Å². The van der Waals surface area contributed by atoms with Crippen molar-refractivity contribution in [1.82, 2.24) is 15.6 Å². The quantitative estimate of drug-likeness (QED) is 0.511. The van der Waals surface area contributed by atoms with Crippen molar-refractivity contribution < 1.29 is 9.53 Å². The summed E-state index contributed by atoms with van der Waals surface area (Å²) in [4.78, 5) is 12.2. The molecule has 26 heavy (non-hydrogen) atoms. The third-order valence-corrected chi connectivity index (χ3v) is 3.76. The molecule has 2 N–H and O–H groups in total. The molecule has 1 aromatic heterocycles. The highest BCUT2D eigenvalue weighted by atomic mass is 35.5. The molecule has 3 aromatic rings. The van der Waals surface area contributed by atoms with E-state index in [4.69, 9.17) is 16.3 Å². The number of H-pyrrole nitrogens is 1. The van der Waals surface area contributed by atoms with Gasteiger partial charge in [-0.25, -0.2) is 5.43 Å². The third-order valence-electron chi connectivity index (χ3n) is 3.51. The second kappa shape index (κ2) is 8.31. The molecular weight excluding hydrogens is 352 g/mol. The van der Waals surface area contributed by atoms with E-state index in [1.165, 1.54) is 6.21 Å². The molecule has 0 aliphatic carbocycles. The number of rotatable bonds is 6. The zero-order valence-corrected chi connectivity index (χ0v) is 14.8. The molecule has 0 aliphatic rings. The lowest BCUT2D eigenvalue weighted by atomic mass is 10.1. The maximum atomic E-state index is 12.2. The largest absolute Gasteiger partial charge is 0.494 e. The summed E-state index contributed by atoms with van der Waals surface area (Å²) in [5, 5.41) is 11.5. The Morgan fingerprint density at radius 1 is 1.27 bits per heavy atom. The van der Waals surface area contributed by atoms with Crippen LogP contribution in [0.4, 0.5) is 0 Å². The predicted octanol–water partition coefficient (Wildman–Crippen LogP) is 3.89. The Kier molecular flexibility index (Phi) is 5.66. The fourth-order valence-corrected chi connectivity index (χ4v) is 2.40. The van der Waals surface area contributed by atoms with Gasteiger partial charge >= 0.3 is 0 Å². The van der Waals surface area contributed by atoms with Gasteiger partial charge in [-0.1, -0.05) is 35.9 Å². The first-order valence-electron chi connectivity index (χ1n) is 8.03. The molecule has 6 nitrogen and oxygen atoms in total. The van der Waals surface area contributed by atoms with Crippen molar-refractivity contribution in [3.05, 3.63) is 70.9 Å². The number of amides is 1.